The van der Waals surface area contributed by atoms with Gasteiger partial charge < -0.3 is 14.2 Å². The first-order chi connectivity index (χ1) is 10.6. The molecule has 0 saturated heterocycles. The van der Waals surface area contributed by atoms with Crippen LogP contribution in [0.4, 0.5) is 5.69 Å². The molecule has 22 heavy (non-hydrogen) atoms. The lowest BCUT2D eigenvalue weighted by atomic mass is 10.00. The van der Waals surface area contributed by atoms with Gasteiger partial charge in [-0.15, -0.1) is 0 Å². The number of hydrogen-bond donors (Lipinski definition) is 0. The molecule has 0 fully saturated rings. The van der Waals surface area contributed by atoms with Gasteiger partial charge in [0.15, 0.2) is 5.90 Å². The largest absolute Gasteiger partial charge is 0.490 e. The Morgan fingerprint density at radius 3 is 2.82 bits per heavy atom. The Hall–Kier alpha value is -2.04. The number of carbonyl (C=O) groups excluding carboxylic acids is 1. The summed E-state index contributed by atoms with van der Waals surface area (Å²) in [6, 6.07) is 5.82. The molecule has 0 unspecified atom stereocenters. The van der Waals surface area contributed by atoms with E-state index in [1.54, 1.807) is 6.92 Å². The first kappa shape index (κ1) is 16.3. The molecule has 120 valence electrons. The van der Waals surface area contributed by atoms with Gasteiger partial charge in [-0.2, -0.15) is 0 Å². The molecule has 0 radical (unpaired) electrons. The summed E-state index contributed by atoms with van der Waals surface area (Å²) in [5.41, 5.74) is 1.97. The fraction of sp³-hybridized carbons (Fsp3) is 0.529. The Bertz CT molecular complexity index is 554. The van der Waals surface area contributed by atoms with Gasteiger partial charge in [0.1, 0.15) is 11.9 Å². The molecule has 1 aliphatic heterocycles. The van der Waals surface area contributed by atoms with E-state index in [-0.39, 0.29) is 12.1 Å². The van der Waals surface area contributed by atoms with Gasteiger partial charge in [-0.25, -0.2) is 4.99 Å². The van der Waals surface area contributed by atoms with Gasteiger partial charge in [-0.3, -0.25) is 4.79 Å². The maximum atomic E-state index is 11.5. The second-order valence-corrected chi connectivity index (χ2v) is 5.14. The maximum Gasteiger partial charge on any atom is 0.309 e. The van der Waals surface area contributed by atoms with E-state index in [1.165, 1.54) is 0 Å². The molecule has 0 N–H and O–H groups in total. The maximum absolute atomic E-state index is 11.5. The second-order valence-electron chi connectivity index (χ2n) is 5.14. The van der Waals surface area contributed by atoms with Crippen LogP contribution in [0.1, 0.15) is 39.2 Å². The molecule has 0 aromatic heterocycles. The molecule has 1 aliphatic rings. The Balaban J connectivity index is 2.02. The van der Waals surface area contributed by atoms with E-state index in [1.807, 2.05) is 32.0 Å². The van der Waals surface area contributed by atoms with Crippen molar-refractivity contribution in [3.05, 3.63) is 23.8 Å². The van der Waals surface area contributed by atoms with Crippen molar-refractivity contribution in [2.45, 2.75) is 46.1 Å². The van der Waals surface area contributed by atoms with E-state index in [2.05, 4.69) is 4.99 Å². The molecular weight excluding hydrogens is 282 g/mol. The third kappa shape index (κ3) is 4.48. The number of aliphatic imine (C=N–C) groups is 1. The van der Waals surface area contributed by atoms with Gasteiger partial charge in [0.25, 0.3) is 0 Å². The zero-order valence-corrected chi connectivity index (χ0v) is 13.4. The number of ether oxygens (including phenoxy) is 3. The average Bonchev–Trinajstić information content (AvgIpc) is 2.48. The lowest BCUT2D eigenvalue weighted by Crippen LogP contribution is -2.26. The van der Waals surface area contributed by atoms with Crippen molar-refractivity contribution >= 4 is 17.6 Å². The lowest BCUT2D eigenvalue weighted by molar-refractivity contribution is -0.145. The Morgan fingerprint density at radius 1 is 1.32 bits per heavy atom. The second kappa shape index (κ2) is 7.82. The molecule has 0 amide bonds. The zero-order chi connectivity index (χ0) is 15.9. The molecule has 5 heteroatoms. The van der Waals surface area contributed by atoms with Crippen molar-refractivity contribution in [1.82, 2.24) is 0 Å². The van der Waals surface area contributed by atoms with Gasteiger partial charge in [0.2, 0.25) is 0 Å². The summed E-state index contributed by atoms with van der Waals surface area (Å²) in [5, 5.41) is 0. The fourth-order valence-electron chi connectivity index (χ4n) is 2.47. The molecule has 1 atom stereocenters. The number of esters is 1. The summed E-state index contributed by atoms with van der Waals surface area (Å²) in [5.74, 6) is 1.28. The highest BCUT2D eigenvalue weighted by Crippen LogP contribution is 2.32. The third-order valence-corrected chi connectivity index (χ3v) is 3.41. The molecule has 0 aliphatic carbocycles. The molecule has 5 nitrogen and oxygen atoms in total. The van der Waals surface area contributed by atoms with Crippen molar-refractivity contribution < 1.29 is 19.0 Å². The number of benzene rings is 1. The van der Waals surface area contributed by atoms with Gasteiger partial charge in [0, 0.05) is 6.92 Å². The minimum Gasteiger partial charge on any atom is -0.490 e. The highest BCUT2D eigenvalue weighted by atomic mass is 16.5. The van der Waals surface area contributed by atoms with E-state index in [9.17, 15) is 4.79 Å². The zero-order valence-electron chi connectivity index (χ0n) is 13.4. The number of rotatable bonds is 5. The Labute approximate surface area is 131 Å². The van der Waals surface area contributed by atoms with E-state index >= 15 is 0 Å². The van der Waals surface area contributed by atoms with Gasteiger partial charge in [-0.1, -0.05) is 0 Å². The summed E-state index contributed by atoms with van der Waals surface area (Å²) in [4.78, 5) is 15.9. The van der Waals surface area contributed by atoms with Crippen LogP contribution in [0.25, 0.3) is 0 Å². The van der Waals surface area contributed by atoms with Crippen LogP contribution >= 0.6 is 0 Å². The van der Waals surface area contributed by atoms with Crippen LogP contribution < -0.4 is 4.74 Å². The van der Waals surface area contributed by atoms with Crippen LogP contribution in [0.5, 0.6) is 5.75 Å². The first-order valence-corrected chi connectivity index (χ1v) is 7.75. The van der Waals surface area contributed by atoms with Gasteiger partial charge in [0.05, 0.1) is 25.3 Å². The molecule has 0 bridgehead atoms. The predicted octanol–water partition coefficient (Wildman–Crippen LogP) is 3.42. The molecule has 0 spiro atoms. The molecule has 1 aromatic carbocycles. The molecule has 1 aromatic rings. The lowest BCUT2D eigenvalue weighted by Gasteiger charge is -2.25. The van der Waals surface area contributed by atoms with E-state index in [4.69, 9.17) is 14.2 Å². The quantitative estimate of drug-likeness (QED) is 0.475. The Morgan fingerprint density at radius 2 is 2.09 bits per heavy atom. The smallest absolute Gasteiger partial charge is 0.309 e. The molecule has 0 saturated carbocycles. The van der Waals surface area contributed by atoms with Gasteiger partial charge >= 0.3 is 5.97 Å². The monoisotopic (exact) mass is 305 g/mol. The minimum atomic E-state index is -0.204. The number of nitrogens with zero attached hydrogens (tertiary/aromatic N) is 1. The molecule has 1 heterocycles. The van der Waals surface area contributed by atoms with Crippen LogP contribution in [0, 0.1) is 0 Å². The van der Waals surface area contributed by atoms with Crippen molar-refractivity contribution in [2.75, 3.05) is 13.2 Å². The molecule has 2 rings (SSSR count). The third-order valence-electron chi connectivity index (χ3n) is 3.41. The van der Waals surface area contributed by atoms with Crippen LogP contribution in [-0.2, 0) is 20.7 Å². The van der Waals surface area contributed by atoms with E-state index < -0.39 is 0 Å². The van der Waals surface area contributed by atoms with Crippen LogP contribution in [-0.4, -0.2) is 31.2 Å². The predicted molar refractivity (Wildman–Crippen MR) is 84.8 cm³/mol. The van der Waals surface area contributed by atoms with Crippen molar-refractivity contribution in [1.29, 1.82) is 0 Å². The summed E-state index contributed by atoms with van der Waals surface area (Å²) >= 11 is 0. The average molecular weight is 305 g/mol. The molecular formula is C17H23NO4. The highest BCUT2D eigenvalue weighted by Gasteiger charge is 2.23. The summed E-state index contributed by atoms with van der Waals surface area (Å²) in [7, 11) is 0. The van der Waals surface area contributed by atoms with Crippen LogP contribution in [0.15, 0.2) is 23.2 Å². The summed E-state index contributed by atoms with van der Waals surface area (Å²) < 4.78 is 16.2. The number of fused-ring (bicyclic) bond motifs is 1. The topological polar surface area (TPSA) is 57.1 Å². The van der Waals surface area contributed by atoms with Crippen LogP contribution in [0.2, 0.25) is 0 Å². The van der Waals surface area contributed by atoms with Gasteiger partial charge in [-0.05, 0) is 50.5 Å². The van der Waals surface area contributed by atoms with E-state index in [0.29, 0.717) is 25.5 Å². The fourth-order valence-corrected chi connectivity index (χ4v) is 2.47. The van der Waals surface area contributed by atoms with Crippen LogP contribution in [0.3, 0.4) is 0 Å². The number of carbonyl (C=O) groups is 1. The first-order valence-electron chi connectivity index (χ1n) is 7.75. The SMILES string of the molecule is CCOC(=O)C[C@@H]1CCc2cc(N=C(C)OCC)ccc2O1. The Kier molecular flexibility index (Phi) is 5.81. The highest BCUT2D eigenvalue weighted by molar-refractivity contribution is 5.77. The number of aryl methyl sites for hydroxylation is 1. The summed E-state index contributed by atoms with van der Waals surface area (Å²) in [6.07, 6.45) is 1.88. The van der Waals surface area contributed by atoms with Crippen molar-refractivity contribution in [3.63, 3.8) is 0 Å². The normalized spacial score (nSPS) is 17.4. The summed E-state index contributed by atoms with van der Waals surface area (Å²) in [6.45, 7) is 6.60. The standard InChI is InChI=1S/C17H23NO4/c1-4-20-12(3)18-14-7-9-16-13(10-14)6-8-15(22-16)11-17(19)21-5-2/h7,9-10,15H,4-6,8,11H2,1-3H3/t15-/m0/s1. The van der Waals surface area contributed by atoms with Crippen molar-refractivity contribution in [3.8, 4) is 5.75 Å². The van der Waals surface area contributed by atoms with E-state index in [0.717, 1.165) is 29.8 Å². The number of hydrogen-bond acceptors (Lipinski definition) is 5. The van der Waals surface area contributed by atoms with Crippen molar-refractivity contribution in [2.24, 2.45) is 4.99 Å². The minimum absolute atomic E-state index is 0.105.